The van der Waals surface area contributed by atoms with E-state index < -0.39 is 0 Å². The van der Waals surface area contributed by atoms with Crippen LogP contribution in [0.1, 0.15) is 43.7 Å². The van der Waals surface area contributed by atoms with Crippen molar-refractivity contribution in [2.24, 2.45) is 5.92 Å². The van der Waals surface area contributed by atoms with Crippen LogP contribution in [0.15, 0.2) is 60.7 Å². The van der Waals surface area contributed by atoms with E-state index in [0.29, 0.717) is 0 Å². The van der Waals surface area contributed by atoms with Gasteiger partial charge in [0.1, 0.15) is 0 Å². The van der Waals surface area contributed by atoms with Gasteiger partial charge in [-0.3, -0.25) is 0 Å². The summed E-state index contributed by atoms with van der Waals surface area (Å²) < 4.78 is 0. The van der Waals surface area contributed by atoms with Crippen molar-refractivity contribution < 1.29 is 0 Å². The average molecular weight is 266 g/mol. The molecule has 1 atom stereocenters. The molecule has 1 unspecified atom stereocenters. The van der Waals surface area contributed by atoms with Crippen molar-refractivity contribution in [3.63, 3.8) is 0 Å². The third-order valence-electron chi connectivity index (χ3n) is 3.98. The van der Waals surface area contributed by atoms with Gasteiger partial charge in [-0.05, 0) is 42.7 Å². The van der Waals surface area contributed by atoms with Gasteiger partial charge in [0.25, 0.3) is 0 Å². The van der Waals surface area contributed by atoms with Crippen LogP contribution in [-0.4, -0.2) is 0 Å². The molecule has 20 heavy (non-hydrogen) atoms. The standard InChI is InChI=1S/C20H26/c1-2-10-19(17-20-13-7-4-8-14-20)16-9-15-18-11-5-3-6-12-18/h3-8,11-14,19H,2,9-10,15-17H2,1H3. The Balaban J connectivity index is 1.80. The Morgan fingerprint density at radius 1 is 0.750 bits per heavy atom. The van der Waals surface area contributed by atoms with E-state index in [1.54, 1.807) is 0 Å². The minimum absolute atomic E-state index is 0.839. The third kappa shape index (κ3) is 5.21. The first-order valence-electron chi connectivity index (χ1n) is 7.96. The Labute approximate surface area is 123 Å². The third-order valence-corrected chi connectivity index (χ3v) is 3.98. The highest BCUT2D eigenvalue weighted by Crippen LogP contribution is 2.20. The molecule has 0 radical (unpaired) electrons. The summed E-state index contributed by atoms with van der Waals surface area (Å²) in [5, 5.41) is 0. The number of aryl methyl sites for hydroxylation is 1. The quantitative estimate of drug-likeness (QED) is 0.577. The highest BCUT2D eigenvalue weighted by Gasteiger charge is 2.08. The van der Waals surface area contributed by atoms with E-state index in [2.05, 4.69) is 67.6 Å². The van der Waals surface area contributed by atoms with Gasteiger partial charge >= 0.3 is 0 Å². The summed E-state index contributed by atoms with van der Waals surface area (Å²) >= 11 is 0. The van der Waals surface area contributed by atoms with Crippen molar-refractivity contribution in [1.29, 1.82) is 0 Å². The molecule has 0 heteroatoms. The highest BCUT2D eigenvalue weighted by atomic mass is 14.1. The normalized spacial score (nSPS) is 12.2. The van der Waals surface area contributed by atoms with Gasteiger partial charge in [-0.2, -0.15) is 0 Å². The first kappa shape index (κ1) is 14.8. The molecule has 0 nitrogen and oxygen atoms in total. The lowest BCUT2D eigenvalue weighted by atomic mass is 9.90. The fourth-order valence-electron chi connectivity index (χ4n) is 2.94. The summed E-state index contributed by atoms with van der Waals surface area (Å²) in [6.07, 6.45) is 7.75. The Morgan fingerprint density at radius 3 is 1.95 bits per heavy atom. The lowest BCUT2D eigenvalue weighted by Crippen LogP contribution is -2.05. The van der Waals surface area contributed by atoms with Gasteiger partial charge in [0, 0.05) is 0 Å². The summed E-state index contributed by atoms with van der Waals surface area (Å²) in [4.78, 5) is 0. The molecule has 0 N–H and O–H groups in total. The van der Waals surface area contributed by atoms with E-state index >= 15 is 0 Å². The zero-order valence-corrected chi connectivity index (χ0v) is 12.6. The summed E-state index contributed by atoms with van der Waals surface area (Å²) in [7, 11) is 0. The summed E-state index contributed by atoms with van der Waals surface area (Å²) in [6, 6.07) is 21.8. The van der Waals surface area contributed by atoms with Crippen LogP contribution in [0, 0.1) is 5.92 Å². The SMILES string of the molecule is CCCC(CCCc1ccccc1)Cc1ccccc1. The number of benzene rings is 2. The first-order chi connectivity index (χ1) is 9.88. The maximum atomic E-state index is 2.30. The lowest BCUT2D eigenvalue weighted by molar-refractivity contribution is 0.429. The molecule has 0 saturated heterocycles. The summed E-state index contributed by atoms with van der Waals surface area (Å²) in [5.74, 6) is 0.839. The zero-order chi connectivity index (χ0) is 14.0. The predicted molar refractivity (Wildman–Crippen MR) is 87.9 cm³/mol. The Morgan fingerprint density at radius 2 is 1.35 bits per heavy atom. The van der Waals surface area contributed by atoms with Gasteiger partial charge in [-0.25, -0.2) is 0 Å². The fraction of sp³-hybridized carbons (Fsp3) is 0.400. The van der Waals surface area contributed by atoms with E-state index in [4.69, 9.17) is 0 Å². The first-order valence-corrected chi connectivity index (χ1v) is 7.96. The second-order valence-corrected chi connectivity index (χ2v) is 5.72. The molecule has 0 aromatic heterocycles. The molecule has 0 aliphatic heterocycles. The molecule has 0 heterocycles. The molecule has 0 bridgehead atoms. The van der Waals surface area contributed by atoms with Gasteiger partial charge in [-0.1, -0.05) is 80.4 Å². The minimum Gasteiger partial charge on any atom is -0.0654 e. The largest absolute Gasteiger partial charge is 0.0654 e. The van der Waals surface area contributed by atoms with Crippen LogP contribution in [0.25, 0.3) is 0 Å². The molecule has 0 fully saturated rings. The molecular weight excluding hydrogens is 240 g/mol. The van der Waals surface area contributed by atoms with Crippen molar-refractivity contribution in [1.82, 2.24) is 0 Å². The van der Waals surface area contributed by atoms with Crippen LogP contribution in [0.3, 0.4) is 0 Å². The number of hydrogen-bond acceptors (Lipinski definition) is 0. The predicted octanol–water partition coefficient (Wildman–Crippen LogP) is 5.67. The zero-order valence-electron chi connectivity index (χ0n) is 12.6. The van der Waals surface area contributed by atoms with Crippen molar-refractivity contribution in [2.75, 3.05) is 0 Å². The van der Waals surface area contributed by atoms with E-state index in [1.165, 1.54) is 49.7 Å². The smallest absolute Gasteiger partial charge is 0.0250 e. The summed E-state index contributed by atoms with van der Waals surface area (Å²) in [6.45, 7) is 2.30. The van der Waals surface area contributed by atoms with Crippen molar-refractivity contribution in [3.05, 3.63) is 71.8 Å². The topological polar surface area (TPSA) is 0 Å². The molecule has 0 spiro atoms. The van der Waals surface area contributed by atoms with E-state index in [-0.39, 0.29) is 0 Å². The van der Waals surface area contributed by atoms with Crippen LogP contribution in [0.4, 0.5) is 0 Å². The molecule has 2 aromatic carbocycles. The van der Waals surface area contributed by atoms with Crippen LogP contribution in [0.5, 0.6) is 0 Å². The van der Waals surface area contributed by atoms with Crippen LogP contribution in [-0.2, 0) is 12.8 Å². The minimum atomic E-state index is 0.839. The number of hydrogen-bond donors (Lipinski definition) is 0. The Bertz CT molecular complexity index is 458. The Hall–Kier alpha value is -1.56. The van der Waals surface area contributed by atoms with E-state index in [1.807, 2.05) is 0 Å². The van der Waals surface area contributed by atoms with Crippen molar-refractivity contribution in [2.45, 2.75) is 45.4 Å². The lowest BCUT2D eigenvalue weighted by Gasteiger charge is -2.16. The molecule has 0 aliphatic carbocycles. The van der Waals surface area contributed by atoms with Crippen LogP contribution < -0.4 is 0 Å². The van der Waals surface area contributed by atoms with Gasteiger partial charge in [-0.15, -0.1) is 0 Å². The second kappa shape index (κ2) is 8.58. The van der Waals surface area contributed by atoms with Crippen molar-refractivity contribution >= 4 is 0 Å². The maximum absolute atomic E-state index is 2.30. The Kier molecular flexibility index (Phi) is 6.37. The van der Waals surface area contributed by atoms with Gasteiger partial charge in [0.15, 0.2) is 0 Å². The molecule has 2 rings (SSSR count). The van der Waals surface area contributed by atoms with Crippen LogP contribution in [0.2, 0.25) is 0 Å². The molecular formula is C20H26. The average Bonchev–Trinajstić information content (AvgIpc) is 2.49. The monoisotopic (exact) mass is 266 g/mol. The summed E-state index contributed by atoms with van der Waals surface area (Å²) in [5.41, 5.74) is 2.97. The molecule has 0 aliphatic rings. The molecule has 0 amide bonds. The van der Waals surface area contributed by atoms with E-state index in [0.717, 1.165) is 5.92 Å². The number of rotatable bonds is 8. The van der Waals surface area contributed by atoms with Gasteiger partial charge < -0.3 is 0 Å². The molecule has 106 valence electrons. The van der Waals surface area contributed by atoms with Crippen molar-refractivity contribution in [3.8, 4) is 0 Å². The maximum Gasteiger partial charge on any atom is -0.0250 e. The van der Waals surface area contributed by atoms with Gasteiger partial charge in [0.05, 0.1) is 0 Å². The fourth-order valence-corrected chi connectivity index (χ4v) is 2.94. The molecule has 2 aromatic rings. The highest BCUT2D eigenvalue weighted by molar-refractivity contribution is 5.16. The van der Waals surface area contributed by atoms with Crippen LogP contribution >= 0.6 is 0 Å². The van der Waals surface area contributed by atoms with E-state index in [9.17, 15) is 0 Å². The molecule has 0 saturated carbocycles. The second-order valence-electron chi connectivity index (χ2n) is 5.72. The van der Waals surface area contributed by atoms with Gasteiger partial charge in [0.2, 0.25) is 0 Å².